The van der Waals surface area contributed by atoms with Crippen LogP contribution in [0.25, 0.3) is 10.9 Å². The van der Waals surface area contributed by atoms with Crippen molar-refractivity contribution in [2.24, 2.45) is 23.7 Å². The number of amides is 2. The van der Waals surface area contributed by atoms with Gasteiger partial charge in [-0.15, -0.1) is 0 Å². The molecule has 0 aliphatic carbocycles. The van der Waals surface area contributed by atoms with E-state index in [2.05, 4.69) is 44.8 Å². The van der Waals surface area contributed by atoms with Gasteiger partial charge in [-0.2, -0.15) is 10.1 Å². The molecule has 46 heavy (non-hydrogen) atoms. The average Bonchev–Trinajstić information content (AvgIpc) is 3.50. The Morgan fingerprint density at radius 3 is 2.67 bits per heavy atom. The standard InChI is InChI=1S/C33H41ClN8O3S/c1-5-26(34)31(37-22-7-6-20-17-46(4,45)18-21(20)14-22)39-33(35)42-13-12-27(19(2)16-42)36-23-8-9-24-28(15-23)41(3)40-30(24)25-10-11-29(43)38-32(25)44/h6-9,14-15,19,25,27,36-37H,4-5,10-13,16-18H2,1-3H3,(H2,35,39)(H,38,43,44)/b31-26+/t19-,25?,27-,46?/m1/s1. The summed E-state index contributed by atoms with van der Waals surface area (Å²) in [6, 6.07) is 12.2. The van der Waals surface area contributed by atoms with Crippen molar-refractivity contribution >= 4 is 67.0 Å². The van der Waals surface area contributed by atoms with Crippen LogP contribution in [0.2, 0.25) is 0 Å². The fourth-order valence-electron chi connectivity index (χ4n) is 6.61. The van der Waals surface area contributed by atoms with Crippen LogP contribution in [-0.2, 0) is 37.7 Å². The van der Waals surface area contributed by atoms with Gasteiger partial charge in [-0.3, -0.25) is 23.8 Å². The molecule has 2 unspecified atom stereocenters. The number of halogens is 1. The van der Waals surface area contributed by atoms with Gasteiger partial charge >= 0.3 is 0 Å². The predicted octanol–water partition coefficient (Wildman–Crippen LogP) is 4.19. The third kappa shape index (κ3) is 6.59. The molecule has 0 radical (unpaired) electrons. The van der Waals surface area contributed by atoms with Crippen molar-refractivity contribution in [3.05, 3.63) is 64.1 Å². The number of aromatic nitrogens is 2. The number of aryl methyl sites for hydroxylation is 1. The molecule has 0 bridgehead atoms. The molecule has 1 aromatic heterocycles. The van der Waals surface area contributed by atoms with Crippen LogP contribution >= 0.6 is 11.6 Å². The molecule has 2 amide bonds. The van der Waals surface area contributed by atoms with Gasteiger partial charge in [0.25, 0.3) is 0 Å². The lowest BCUT2D eigenvalue weighted by Gasteiger charge is -2.38. The monoisotopic (exact) mass is 664 g/mol. The zero-order valence-electron chi connectivity index (χ0n) is 26.4. The number of nitrogens with one attached hydrogen (secondary N) is 3. The average molecular weight is 665 g/mol. The van der Waals surface area contributed by atoms with Gasteiger partial charge in [0.1, 0.15) is 5.82 Å². The number of guanidine groups is 1. The number of carbonyl (C=O) groups excluding carboxylic acids is 2. The summed E-state index contributed by atoms with van der Waals surface area (Å²) in [6.07, 6.45) is 2.23. The summed E-state index contributed by atoms with van der Waals surface area (Å²) in [5.74, 6) is 5.09. The lowest BCUT2D eigenvalue weighted by Crippen LogP contribution is -2.50. The molecule has 4 atom stereocenters. The molecule has 244 valence electrons. The Hall–Kier alpha value is -4.03. The predicted molar refractivity (Wildman–Crippen MR) is 186 cm³/mol. The maximum atomic E-state index is 12.5. The van der Waals surface area contributed by atoms with Crippen molar-refractivity contribution in [1.82, 2.24) is 20.0 Å². The van der Waals surface area contributed by atoms with E-state index in [-0.39, 0.29) is 23.8 Å². The smallest absolute Gasteiger partial charge is 0.235 e. The molecule has 2 saturated heterocycles. The zero-order chi connectivity index (χ0) is 32.7. The zero-order valence-corrected chi connectivity index (χ0v) is 28.0. The Morgan fingerprint density at radius 2 is 1.93 bits per heavy atom. The van der Waals surface area contributed by atoms with Crippen molar-refractivity contribution < 1.29 is 13.8 Å². The van der Waals surface area contributed by atoms with E-state index in [1.807, 2.05) is 44.3 Å². The van der Waals surface area contributed by atoms with Crippen LogP contribution in [0.3, 0.4) is 0 Å². The Kier molecular flexibility index (Phi) is 8.77. The Bertz CT molecular complexity index is 1880. The fraction of sp³-hybridized carbons (Fsp3) is 0.424. The highest BCUT2D eigenvalue weighted by molar-refractivity contribution is 7.99. The molecule has 2 fully saturated rings. The van der Waals surface area contributed by atoms with Crippen molar-refractivity contribution in [2.75, 3.05) is 23.7 Å². The largest absolute Gasteiger partial charge is 0.382 e. The number of hydrogen-bond donors (Lipinski definition) is 4. The van der Waals surface area contributed by atoms with Gasteiger partial charge in [-0.25, -0.2) is 0 Å². The van der Waals surface area contributed by atoms with Crippen LogP contribution in [0.4, 0.5) is 11.4 Å². The van der Waals surface area contributed by atoms with Crippen LogP contribution in [-0.4, -0.2) is 61.7 Å². The summed E-state index contributed by atoms with van der Waals surface area (Å²) in [6.45, 7) is 5.60. The second kappa shape index (κ2) is 12.6. The number of carbonyl (C=O) groups is 2. The van der Waals surface area contributed by atoms with E-state index in [1.54, 1.807) is 4.68 Å². The third-order valence-electron chi connectivity index (χ3n) is 9.13. The minimum Gasteiger partial charge on any atom is -0.382 e. The number of nitrogens with two attached hydrogens (primary N) is 1. The van der Waals surface area contributed by atoms with Gasteiger partial charge in [-0.1, -0.05) is 31.5 Å². The van der Waals surface area contributed by atoms with E-state index in [9.17, 15) is 13.8 Å². The number of anilines is 2. The number of imide groups is 1. The number of aliphatic imine (C=N–C) groups is 1. The van der Waals surface area contributed by atoms with Gasteiger partial charge in [0.15, 0.2) is 5.96 Å². The summed E-state index contributed by atoms with van der Waals surface area (Å²) < 4.78 is 14.3. The molecule has 5 N–H and O–H groups in total. The lowest BCUT2D eigenvalue weighted by atomic mass is 9.92. The van der Waals surface area contributed by atoms with Gasteiger partial charge in [0.2, 0.25) is 11.8 Å². The number of benzene rings is 2. The minimum absolute atomic E-state index is 0.214. The first-order chi connectivity index (χ1) is 21.9. The number of rotatable bonds is 7. The normalized spacial score (nSPS) is 25.7. The van der Waals surface area contributed by atoms with Crippen LogP contribution < -0.4 is 21.7 Å². The Balaban J connectivity index is 1.12. The molecule has 3 aliphatic rings. The quantitative estimate of drug-likeness (QED) is 0.127. The van der Waals surface area contributed by atoms with Crippen LogP contribution in [0.15, 0.2) is 52.2 Å². The highest BCUT2D eigenvalue weighted by atomic mass is 35.5. The van der Waals surface area contributed by atoms with Crippen molar-refractivity contribution in [1.29, 1.82) is 0 Å². The molecular formula is C33H41ClN8O3S. The molecule has 0 saturated carbocycles. The SMILES string of the molecule is C=S1(=O)Cc2ccc(NC(/N=C(\N)N3CC[C@@H](Nc4ccc5c(C6CCC(=O)NC6=O)nn(C)c5c4)[C@H](C)C3)=C(\Cl)CC)cc2C1. The summed E-state index contributed by atoms with van der Waals surface area (Å²) in [5, 5.41) is 15.6. The topological polar surface area (TPSA) is 147 Å². The molecule has 2 aromatic carbocycles. The number of fused-ring (bicyclic) bond motifs is 2. The minimum atomic E-state index is -2.11. The Morgan fingerprint density at radius 1 is 1.17 bits per heavy atom. The van der Waals surface area contributed by atoms with E-state index >= 15 is 0 Å². The Labute approximate surface area is 274 Å². The molecule has 0 spiro atoms. The molecule has 6 rings (SSSR count). The van der Waals surface area contributed by atoms with E-state index in [1.165, 1.54) is 0 Å². The number of allylic oxidation sites excluding steroid dienone is 1. The molecule has 13 heteroatoms. The van der Waals surface area contributed by atoms with Gasteiger partial charge in [0, 0.05) is 60.9 Å². The molecule has 3 aromatic rings. The highest BCUT2D eigenvalue weighted by Crippen LogP contribution is 2.33. The molecule has 3 aliphatic heterocycles. The van der Waals surface area contributed by atoms with Crippen molar-refractivity contribution in [2.45, 2.75) is 63.0 Å². The van der Waals surface area contributed by atoms with E-state index < -0.39 is 15.4 Å². The number of piperidine rings is 2. The summed E-state index contributed by atoms with van der Waals surface area (Å²) in [7, 11) is -0.232. The first-order valence-corrected chi connectivity index (χ1v) is 18.1. The maximum absolute atomic E-state index is 12.5. The van der Waals surface area contributed by atoms with E-state index in [0.29, 0.717) is 59.8 Å². The van der Waals surface area contributed by atoms with Crippen molar-refractivity contribution in [3.63, 3.8) is 0 Å². The number of likely N-dealkylation sites (tertiary alicyclic amines) is 1. The second-order valence-electron chi connectivity index (χ2n) is 12.6. The lowest BCUT2D eigenvalue weighted by molar-refractivity contribution is -0.134. The van der Waals surface area contributed by atoms with Gasteiger partial charge < -0.3 is 21.3 Å². The summed E-state index contributed by atoms with van der Waals surface area (Å²) in [5.41, 5.74) is 12.1. The molecule has 4 heterocycles. The summed E-state index contributed by atoms with van der Waals surface area (Å²) >= 11 is 6.61. The first kappa shape index (κ1) is 31.9. The number of nitrogens with zero attached hydrogens (tertiary/aromatic N) is 4. The third-order valence-corrected chi connectivity index (χ3v) is 11.3. The first-order valence-electron chi connectivity index (χ1n) is 15.7. The van der Waals surface area contributed by atoms with Crippen LogP contribution in [0.5, 0.6) is 0 Å². The number of hydrogen-bond acceptors (Lipinski definition) is 7. The van der Waals surface area contributed by atoms with Gasteiger partial charge in [-0.05, 0) is 82.0 Å². The molecular weight excluding hydrogens is 624 g/mol. The molecule has 11 nitrogen and oxygen atoms in total. The van der Waals surface area contributed by atoms with Crippen LogP contribution in [0.1, 0.15) is 62.3 Å². The summed E-state index contributed by atoms with van der Waals surface area (Å²) in [4.78, 5) is 31.0. The van der Waals surface area contributed by atoms with Crippen molar-refractivity contribution in [3.8, 4) is 0 Å². The van der Waals surface area contributed by atoms with Gasteiger partial charge in [0.05, 0.1) is 22.2 Å². The second-order valence-corrected chi connectivity index (χ2v) is 15.6. The fourth-order valence-corrected chi connectivity index (χ4v) is 8.49. The highest BCUT2D eigenvalue weighted by Gasteiger charge is 2.32. The van der Waals surface area contributed by atoms with E-state index in [4.69, 9.17) is 22.3 Å². The van der Waals surface area contributed by atoms with Crippen LogP contribution in [0, 0.1) is 5.92 Å². The maximum Gasteiger partial charge on any atom is 0.235 e. The van der Waals surface area contributed by atoms with E-state index in [0.717, 1.165) is 46.4 Å².